The lowest BCUT2D eigenvalue weighted by atomic mass is 9.69. The molecule has 0 saturated heterocycles. The fourth-order valence-corrected chi connectivity index (χ4v) is 25.3. The lowest BCUT2D eigenvalue weighted by Crippen LogP contribution is -2.36. The molecule has 10 aliphatic carbocycles. The normalized spacial score (nSPS) is 26.5. The average molecular weight is 1640 g/mol. The van der Waals surface area contributed by atoms with E-state index in [1.54, 1.807) is 11.1 Å². The highest BCUT2D eigenvalue weighted by Crippen LogP contribution is 2.69. The zero-order valence-corrected chi connectivity index (χ0v) is 79.0. The topological polar surface area (TPSA) is 36.2 Å². The Bertz CT molecular complexity index is 6390. The maximum absolute atomic E-state index is 9.30. The van der Waals surface area contributed by atoms with Crippen molar-refractivity contribution in [1.82, 2.24) is 4.98 Å². The molecular formula is C116H141N7+6. The summed E-state index contributed by atoms with van der Waals surface area (Å²) in [4.78, 5) is 4.44. The molecule has 0 spiro atoms. The van der Waals surface area contributed by atoms with E-state index in [9.17, 15) is 2.74 Å². The number of nitrogens with zero attached hydrogens (tertiary/aromatic N) is 7. The van der Waals surface area contributed by atoms with Gasteiger partial charge in [-0.2, -0.15) is 0 Å². The van der Waals surface area contributed by atoms with E-state index in [1.807, 2.05) is 19.3 Å². The molecule has 0 amide bonds. The third kappa shape index (κ3) is 14.5. The Morgan fingerprint density at radius 2 is 0.772 bits per heavy atom. The number of hydrogen-bond donors (Lipinski definition) is 0. The Kier molecular flexibility index (Phi) is 20.4. The van der Waals surface area contributed by atoms with Gasteiger partial charge in [-0.25, -0.2) is 27.4 Å². The highest BCUT2D eigenvalue weighted by atomic mass is 15.0. The van der Waals surface area contributed by atoms with Gasteiger partial charge in [0.25, 0.3) is 0 Å². The summed E-state index contributed by atoms with van der Waals surface area (Å²) in [5.74, 6) is -1.27. The number of benzene rings is 5. The Balaban J connectivity index is 0.000000108. The molecule has 8 unspecified atom stereocenters. The molecule has 8 bridgehead atoms. The molecule has 4 saturated carbocycles. The van der Waals surface area contributed by atoms with Crippen molar-refractivity contribution in [1.29, 1.82) is 0 Å². The fraction of sp³-hybridized carbons (Fsp3) is 0.440. The quantitative estimate of drug-likeness (QED) is 0.153. The molecule has 4 fully saturated rings. The molecule has 0 aliphatic heterocycles. The van der Waals surface area contributed by atoms with Crippen LogP contribution < -0.4 is 27.4 Å². The van der Waals surface area contributed by atoms with Crippen molar-refractivity contribution in [3.63, 3.8) is 0 Å². The molecule has 7 nitrogen and oxygen atoms in total. The van der Waals surface area contributed by atoms with Crippen LogP contribution in [0.2, 0.25) is 0 Å². The van der Waals surface area contributed by atoms with Crippen LogP contribution in [0, 0.1) is 52.4 Å². The number of hydrogen-bond acceptors (Lipinski definition) is 1. The van der Waals surface area contributed by atoms with Crippen LogP contribution in [0.25, 0.3) is 67.5 Å². The van der Waals surface area contributed by atoms with Crippen LogP contribution in [0.5, 0.6) is 0 Å². The van der Waals surface area contributed by atoms with Crippen molar-refractivity contribution >= 4 is 0 Å². The van der Waals surface area contributed by atoms with Gasteiger partial charge in [-0.1, -0.05) is 181 Å². The average Bonchev–Trinajstić information content (AvgIpc) is 1.49. The SMILES string of the molecule is Cc1ccccc1-c1c2c(cc[n+]1C)C(C)(C)CC2(C)C.Cc1ccccc1-c1c2c(cc[n+]1C)C1CCC2C1.Cc1ccccc1-c1cc2c(c[n+]1C)C(C)(C)CC2(C)C.[2H]C12CCC(C)(c3c[n+](C)c(-c4cccnc4C)cc31)C2(C)C.[2H]C12CCC([2H])(C1)c1c2cc[n+](C)c1-c1ccccc1C.[2H]C12CCC([2H])(c3c1cc[n+](C)c3-c1ccccc1C)C2(C)C. The first-order valence-corrected chi connectivity index (χ1v) is 46.1. The van der Waals surface area contributed by atoms with Crippen LogP contribution in [0.15, 0.2) is 213 Å². The van der Waals surface area contributed by atoms with Gasteiger partial charge in [0.1, 0.15) is 42.3 Å². The molecule has 8 atom stereocenters. The molecule has 0 radical (unpaired) electrons. The van der Waals surface area contributed by atoms with Crippen LogP contribution in [0.4, 0.5) is 0 Å². The monoisotopic (exact) mass is 1640 g/mol. The highest BCUT2D eigenvalue weighted by Gasteiger charge is 2.61. The molecule has 10 aliphatic rings. The second-order valence-corrected chi connectivity index (χ2v) is 42.2. The van der Waals surface area contributed by atoms with E-state index in [4.69, 9.17) is 4.11 Å². The second kappa shape index (κ2) is 31.7. The van der Waals surface area contributed by atoms with Gasteiger partial charge >= 0.3 is 0 Å². The number of aromatic nitrogens is 7. The molecule has 0 N–H and O–H groups in total. The number of aryl methyl sites for hydroxylation is 12. The summed E-state index contributed by atoms with van der Waals surface area (Å²) >= 11 is 0. The van der Waals surface area contributed by atoms with E-state index >= 15 is 0 Å². The van der Waals surface area contributed by atoms with Gasteiger partial charge in [-0.3, -0.25) is 4.98 Å². The molecule has 7 aromatic heterocycles. The van der Waals surface area contributed by atoms with E-state index in [0.717, 1.165) is 101 Å². The van der Waals surface area contributed by atoms with E-state index in [-0.39, 0.29) is 37.9 Å². The van der Waals surface area contributed by atoms with Crippen LogP contribution in [0.3, 0.4) is 0 Å². The highest BCUT2D eigenvalue weighted by molar-refractivity contribution is 5.73. The van der Waals surface area contributed by atoms with Crippen molar-refractivity contribution in [2.45, 2.75) is 277 Å². The standard InChI is InChI=1S/C20H25N2.C20H24N.2C20H26N.2C18H20N/c1-13-14(7-6-10-21-13)18-11-15-16-8-9-20(4,19(16,2)3)17(15)12-22(18)5;1-13-7-5-6-8-14(13)19-18-15(11-12-21(19)4)16-9-10-17(18)20(16,2)3;1-14-9-7-8-10-15(14)18-11-16-17(12-21(18)6)20(4,5)13-19(16,2)3;1-14-9-7-8-10-15(14)18-17-16(11-12-21(18)6)19(2,3)13-20(17,4)5;2*1-12-5-3-4-6-15(12)18-17-14-8-7-13(11-14)16(17)9-10-19(18)2/h6-7,10-12,16H,8-9H2,1-5H3;5-8,11-12,16-17H,9-10H2,1-4H3;2*7-12H,13H2,1-6H3;2*3-6,9-10,13-14H,7-8,11H2,1-2H3/q6*+1/i16D;16D,17D;;;13D,14D;. The van der Waals surface area contributed by atoms with Crippen LogP contribution >= 0.6 is 0 Å². The predicted molar refractivity (Wildman–Crippen MR) is 506 cm³/mol. The zero-order valence-electron chi connectivity index (χ0n) is 84.0. The first kappa shape index (κ1) is 79.1. The molecular weight excluding hydrogens is 1490 g/mol. The zero-order chi connectivity index (χ0) is 91.9. The Morgan fingerprint density at radius 1 is 0.333 bits per heavy atom. The fourth-order valence-electron chi connectivity index (χ4n) is 25.3. The largest absolute Gasteiger partial charge is 0.261 e. The molecule has 5 aromatic carbocycles. The maximum atomic E-state index is 9.30. The Morgan fingerprint density at radius 3 is 1.34 bits per heavy atom. The summed E-state index contributed by atoms with van der Waals surface area (Å²) in [7, 11) is 12.7. The first-order chi connectivity index (χ1) is 60.1. The molecule has 22 rings (SSSR count). The van der Waals surface area contributed by atoms with Crippen molar-refractivity contribution in [3.05, 3.63) is 314 Å². The summed E-state index contributed by atoms with van der Waals surface area (Å²) in [6.07, 6.45) is 27.6. The first-order valence-electron chi connectivity index (χ1n) is 48.6. The van der Waals surface area contributed by atoms with E-state index in [0.29, 0.717) is 6.42 Å². The molecule has 7 heterocycles. The summed E-state index contributed by atoms with van der Waals surface area (Å²) in [5, 5.41) is 0. The second-order valence-electron chi connectivity index (χ2n) is 42.2. The minimum Gasteiger partial charge on any atom is -0.261 e. The van der Waals surface area contributed by atoms with Gasteiger partial charge in [0.05, 0.1) is 11.3 Å². The van der Waals surface area contributed by atoms with Gasteiger partial charge in [0, 0.05) is 116 Å². The van der Waals surface area contributed by atoms with E-state index in [1.165, 1.54) is 138 Å². The third-order valence-corrected chi connectivity index (χ3v) is 31.7. The third-order valence-electron chi connectivity index (χ3n) is 31.7. The maximum Gasteiger partial charge on any atom is 0.216 e. The summed E-state index contributed by atoms with van der Waals surface area (Å²) < 4.78 is 58.7. The van der Waals surface area contributed by atoms with Gasteiger partial charge in [0.15, 0.2) is 37.2 Å². The van der Waals surface area contributed by atoms with Gasteiger partial charge in [-0.05, 0) is 296 Å². The van der Waals surface area contributed by atoms with E-state index in [2.05, 4.69) is 400 Å². The Labute approximate surface area is 745 Å². The number of pyridine rings is 7. The van der Waals surface area contributed by atoms with Crippen molar-refractivity contribution in [2.75, 3.05) is 0 Å². The number of fused-ring (bicyclic) bond motifs is 22. The summed E-state index contributed by atoms with van der Waals surface area (Å²) in [6.45, 7) is 43.1. The van der Waals surface area contributed by atoms with Crippen molar-refractivity contribution < 1.29 is 34.3 Å². The Hall–Kier alpha value is -9.85. The van der Waals surface area contributed by atoms with Crippen molar-refractivity contribution in [2.24, 2.45) is 53.1 Å². The molecule has 12 aromatic rings. The van der Waals surface area contributed by atoms with Crippen LogP contribution in [-0.2, 0) is 69.4 Å². The lowest BCUT2D eigenvalue weighted by molar-refractivity contribution is -0.661. The van der Waals surface area contributed by atoms with E-state index < -0.39 is 29.5 Å². The minimum absolute atomic E-state index is 0.0298. The summed E-state index contributed by atoms with van der Waals surface area (Å²) in [5.41, 5.74) is 39.8. The van der Waals surface area contributed by atoms with Gasteiger partial charge < -0.3 is 0 Å². The molecule has 123 heavy (non-hydrogen) atoms. The van der Waals surface area contributed by atoms with Crippen LogP contribution in [0.1, 0.15) is 315 Å². The molecule has 7 heteroatoms. The molecule has 634 valence electrons. The van der Waals surface area contributed by atoms with Gasteiger partial charge in [0.2, 0.25) is 34.2 Å². The van der Waals surface area contributed by atoms with Crippen LogP contribution in [-0.4, -0.2) is 4.98 Å². The predicted octanol–water partition coefficient (Wildman–Crippen LogP) is 25.1. The summed E-state index contributed by atoms with van der Waals surface area (Å²) in [6, 6.07) is 60.6. The van der Waals surface area contributed by atoms with Crippen molar-refractivity contribution in [3.8, 4) is 67.5 Å². The van der Waals surface area contributed by atoms with Gasteiger partial charge in [-0.15, -0.1) is 0 Å². The number of rotatable bonds is 6. The minimum atomic E-state index is -0.680. The lowest BCUT2D eigenvalue weighted by Gasteiger charge is -2.34. The smallest absolute Gasteiger partial charge is 0.216 e.